The van der Waals surface area contributed by atoms with E-state index in [4.69, 9.17) is 9.47 Å². The van der Waals surface area contributed by atoms with Crippen LogP contribution in [0.2, 0.25) is 0 Å². The van der Waals surface area contributed by atoms with E-state index in [2.05, 4.69) is 10.6 Å². The molecule has 0 saturated carbocycles. The molecule has 8 heteroatoms. The van der Waals surface area contributed by atoms with Crippen molar-refractivity contribution in [2.24, 2.45) is 5.92 Å². The number of carbonyl (C=O) groups is 3. The summed E-state index contributed by atoms with van der Waals surface area (Å²) in [5.41, 5.74) is 0.848. The Labute approximate surface area is 164 Å². The van der Waals surface area contributed by atoms with E-state index in [-0.39, 0.29) is 12.5 Å². The molecule has 2 N–H and O–H groups in total. The molecule has 0 saturated heterocycles. The molecule has 7 nitrogen and oxygen atoms in total. The van der Waals surface area contributed by atoms with Gasteiger partial charge in [0.05, 0.1) is 7.11 Å². The number of ether oxygens (including phenoxy) is 2. The molecule has 0 bridgehead atoms. The van der Waals surface area contributed by atoms with E-state index in [9.17, 15) is 14.4 Å². The van der Waals surface area contributed by atoms with Crippen LogP contribution in [0.1, 0.15) is 25.8 Å². The van der Waals surface area contributed by atoms with E-state index >= 15 is 0 Å². The normalized spacial score (nSPS) is 12.8. The first kappa shape index (κ1) is 22.8. The maximum atomic E-state index is 12.6. The molecule has 0 unspecified atom stereocenters. The predicted octanol–water partition coefficient (Wildman–Crippen LogP) is 2.35. The molecule has 0 heterocycles. The zero-order valence-electron chi connectivity index (χ0n) is 16.2. The molecule has 0 aliphatic carbocycles. The Balaban J connectivity index is 2.65. The minimum atomic E-state index is -0.824. The summed E-state index contributed by atoms with van der Waals surface area (Å²) >= 11 is 1.57. The van der Waals surface area contributed by atoms with Gasteiger partial charge in [0.15, 0.2) is 0 Å². The van der Waals surface area contributed by atoms with Crippen LogP contribution in [0.15, 0.2) is 30.3 Å². The summed E-state index contributed by atoms with van der Waals surface area (Å²) in [6, 6.07) is 7.68. The fourth-order valence-corrected chi connectivity index (χ4v) is 2.79. The average Bonchev–Trinajstić information content (AvgIpc) is 2.67. The van der Waals surface area contributed by atoms with Crippen molar-refractivity contribution in [3.8, 4) is 0 Å². The monoisotopic (exact) mass is 396 g/mol. The van der Waals surface area contributed by atoms with Gasteiger partial charge in [0, 0.05) is 0 Å². The molecule has 27 heavy (non-hydrogen) atoms. The van der Waals surface area contributed by atoms with Gasteiger partial charge in [0.2, 0.25) is 5.91 Å². The highest BCUT2D eigenvalue weighted by Gasteiger charge is 2.29. The van der Waals surface area contributed by atoms with Gasteiger partial charge >= 0.3 is 12.1 Å². The molecule has 2 amide bonds. The van der Waals surface area contributed by atoms with Crippen molar-refractivity contribution >= 4 is 29.7 Å². The number of carbonyl (C=O) groups excluding carboxylic acids is 3. The Morgan fingerprint density at radius 3 is 2.33 bits per heavy atom. The second-order valence-electron chi connectivity index (χ2n) is 6.29. The fraction of sp³-hybridized carbons (Fsp3) is 0.526. The largest absolute Gasteiger partial charge is 0.467 e. The number of rotatable bonds is 10. The number of esters is 1. The number of thioether (sulfide) groups is 1. The van der Waals surface area contributed by atoms with Gasteiger partial charge in [-0.15, -0.1) is 0 Å². The fourth-order valence-electron chi connectivity index (χ4n) is 2.32. The molecule has 0 aliphatic rings. The molecular weight excluding hydrogens is 368 g/mol. The first-order valence-electron chi connectivity index (χ1n) is 8.73. The Morgan fingerprint density at radius 2 is 1.78 bits per heavy atom. The summed E-state index contributed by atoms with van der Waals surface area (Å²) < 4.78 is 9.92. The topological polar surface area (TPSA) is 93.7 Å². The second kappa shape index (κ2) is 12.2. The lowest BCUT2D eigenvalue weighted by atomic mass is 10.0. The number of methoxy groups -OCH3 is 1. The highest BCUT2D eigenvalue weighted by Crippen LogP contribution is 2.07. The SMILES string of the molecule is COC(=O)[C@H](CCSC)NC(=O)[C@H](NC(=O)OCc1ccccc1)C(C)C. The van der Waals surface area contributed by atoms with Gasteiger partial charge < -0.3 is 20.1 Å². The number of hydrogen-bond acceptors (Lipinski definition) is 6. The van der Waals surface area contributed by atoms with Gasteiger partial charge in [-0.2, -0.15) is 11.8 Å². The van der Waals surface area contributed by atoms with Crippen LogP contribution in [0.4, 0.5) is 4.79 Å². The maximum absolute atomic E-state index is 12.6. The smallest absolute Gasteiger partial charge is 0.408 e. The standard InChI is InChI=1S/C19H28N2O5S/c1-13(2)16(17(22)20-15(10-11-27-4)18(23)25-3)21-19(24)26-12-14-8-6-5-7-9-14/h5-9,13,15-16H,10-12H2,1-4H3,(H,20,22)(H,21,24)/t15-,16+/m0/s1. The van der Waals surface area contributed by atoms with Crippen LogP contribution in [0.25, 0.3) is 0 Å². The van der Waals surface area contributed by atoms with E-state index in [0.717, 1.165) is 5.56 Å². The molecule has 1 aromatic carbocycles. The minimum Gasteiger partial charge on any atom is -0.467 e. The molecule has 2 atom stereocenters. The van der Waals surface area contributed by atoms with Gasteiger partial charge in [-0.05, 0) is 29.9 Å². The lowest BCUT2D eigenvalue weighted by molar-refractivity contribution is -0.145. The summed E-state index contributed by atoms with van der Waals surface area (Å²) in [6.07, 6.45) is 1.67. The van der Waals surface area contributed by atoms with Crippen molar-refractivity contribution in [3.63, 3.8) is 0 Å². The van der Waals surface area contributed by atoms with Crippen LogP contribution >= 0.6 is 11.8 Å². The third-order valence-electron chi connectivity index (χ3n) is 3.85. The summed E-state index contributed by atoms with van der Waals surface area (Å²) in [6.45, 7) is 3.71. The number of hydrogen-bond donors (Lipinski definition) is 2. The van der Waals surface area contributed by atoms with Gasteiger partial charge in [-0.3, -0.25) is 4.79 Å². The summed E-state index contributed by atoms with van der Waals surface area (Å²) in [5, 5.41) is 5.24. The van der Waals surface area contributed by atoms with Crippen LogP contribution in [0, 0.1) is 5.92 Å². The first-order chi connectivity index (χ1) is 12.9. The average molecular weight is 397 g/mol. The molecule has 0 fully saturated rings. The third kappa shape index (κ3) is 8.34. The van der Waals surface area contributed by atoms with E-state index in [1.54, 1.807) is 25.6 Å². The Morgan fingerprint density at radius 1 is 1.11 bits per heavy atom. The minimum absolute atomic E-state index is 0.109. The molecule has 1 aromatic rings. The maximum Gasteiger partial charge on any atom is 0.408 e. The van der Waals surface area contributed by atoms with Crippen LogP contribution in [0.5, 0.6) is 0 Å². The highest BCUT2D eigenvalue weighted by molar-refractivity contribution is 7.98. The zero-order chi connectivity index (χ0) is 20.2. The lowest BCUT2D eigenvalue weighted by Crippen LogP contribution is -2.54. The van der Waals surface area contributed by atoms with Gasteiger partial charge in [-0.25, -0.2) is 9.59 Å². The predicted molar refractivity (Wildman–Crippen MR) is 105 cm³/mol. The van der Waals surface area contributed by atoms with Crippen molar-refractivity contribution in [1.82, 2.24) is 10.6 Å². The van der Waals surface area contributed by atoms with Crippen LogP contribution in [-0.2, 0) is 25.7 Å². The van der Waals surface area contributed by atoms with E-state index in [0.29, 0.717) is 12.2 Å². The van der Waals surface area contributed by atoms with Crippen molar-refractivity contribution in [2.45, 2.75) is 39.0 Å². The highest BCUT2D eigenvalue weighted by atomic mass is 32.2. The van der Waals surface area contributed by atoms with Gasteiger partial charge in [-0.1, -0.05) is 44.2 Å². The van der Waals surface area contributed by atoms with Crippen molar-refractivity contribution in [3.05, 3.63) is 35.9 Å². The first-order valence-corrected chi connectivity index (χ1v) is 10.1. The molecule has 0 radical (unpaired) electrons. The Bertz CT molecular complexity index is 609. The van der Waals surface area contributed by atoms with Gasteiger partial charge in [0.1, 0.15) is 18.7 Å². The second-order valence-corrected chi connectivity index (χ2v) is 7.28. The van der Waals surface area contributed by atoms with Crippen LogP contribution in [0.3, 0.4) is 0 Å². The Hall–Kier alpha value is -2.22. The van der Waals surface area contributed by atoms with E-state index in [1.807, 2.05) is 36.6 Å². The zero-order valence-corrected chi connectivity index (χ0v) is 17.0. The number of alkyl carbamates (subject to hydrolysis) is 1. The van der Waals surface area contributed by atoms with Crippen molar-refractivity contribution in [1.29, 1.82) is 0 Å². The van der Waals surface area contributed by atoms with Crippen molar-refractivity contribution in [2.75, 3.05) is 19.1 Å². The summed E-state index contributed by atoms with van der Waals surface area (Å²) in [4.78, 5) is 36.5. The lowest BCUT2D eigenvalue weighted by Gasteiger charge is -2.24. The molecule has 0 aliphatic heterocycles. The molecule has 0 aromatic heterocycles. The number of amides is 2. The van der Waals surface area contributed by atoms with E-state index in [1.165, 1.54) is 7.11 Å². The number of nitrogens with one attached hydrogen (secondary N) is 2. The molecular formula is C19H28N2O5S. The summed E-state index contributed by atoms with van der Waals surface area (Å²) in [7, 11) is 1.28. The Kier molecular flexibility index (Phi) is 10.3. The molecule has 1 rings (SSSR count). The quantitative estimate of drug-likeness (QED) is 0.590. The molecule has 150 valence electrons. The van der Waals surface area contributed by atoms with Crippen LogP contribution < -0.4 is 10.6 Å². The number of benzene rings is 1. The summed E-state index contributed by atoms with van der Waals surface area (Å²) in [5.74, 6) is -0.447. The third-order valence-corrected chi connectivity index (χ3v) is 4.49. The van der Waals surface area contributed by atoms with Gasteiger partial charge in [0.25, 0.3) is 0 Å². The van der Waals surface area contributed by atoms with Crippen LogP contribution in [-0.4, -0.2) is 49.2 Å². The van der Waals surface area contributed by atoms with E-state index < -0.39 is 30.1 Å². The van der Waals surface area contributed by atoms with Crippen molar-refractivity contribution < 1.29 is 23.9 Å². The molecule has 0 spiro atoms.